The van der Waals surface area contributed by atoms with E-state index < -0.39 is 0 Å². The van der Waals surface area contributed by atoms with Gasteiger partial charge in [-0.3, -0.25) is 0 Å². The minimum atomic E-state index is 0.186. The molecule has 0 amide bonds. The molecule has 17 heavy (non-hydrogen) atoms. The van der Waals surface area contributed by atoms with E-state index in [1.54, 1.807) is 11.8 Å². The number of rotatable bonds is 4. The maximum Gasteiger partial charge on any atom is 0.128 e. The van der Waals surface area contributed by atoms with Crippen LogP contribution in [0.5, 0.6) is 0 Å². The summed E-state index contributed by atoms with van der Waals surface area (Å²) in [7, 11) is 0. The minimum absolute atomic E-state index is 0.186. The van der Waals surface area contributed by atoms with Crippen molar-refractivity contribution in [3.05, 3.63) is 35.9 Å². The van der Waals surface area contributed by atoms with Gasteiger partial charge in [0.05, 0.1) is 12.1 Å². The molecule has 0 bridgehead atoms. The summed E-state index contributed by atoms with van der Waals surface area (Å²) >= 11 is 1.68. The van der Waals surface area contributed by atoms with E-state index in [0.29, 0.717) is 5.82 Å². The number of nitrogens with two attached hydrogens (primary N) is 1. The molecule has 0 spiro atoms. The zero-order chi connectivity index (χ0) is 12.3. The predicted octanol–water partition coefficient (Wildman–Crippen LogP) is 2.43. The minimum Gasteiger partial charge on any atom is -0.395 e. The largest absolute Gasteiger partial charge is 0.395 e. The Morgan fingerprint density at radius 1 is 1.41 bits per heavy atom. The summed E-state index contributed by atoms with van der Waals surface area (Å²) in [5.41, 5.74) is 7.89. The summed E-state index contributed by atoms with van der Waals surface area (Å²) in [4.78, 5) is 4.38. The summed E-state index contributed by atoms with van der Waals surface area (Å²) in [6.45, 7) is 2.18. The average Bonchev–Trinajstić information content (AvgIpc) is 2.35. The second-order valence-corrected chi connectivity index (χ2v) is 5.46. The van der Waals surface area contributed by atoms with Gasteiger partial charge in [0.1, 0.15) is 5.82 Å². The van der Waals surface area contributed by atoms with Gasteiger partial charge in [-0.05, 0) is 12.1 Å². The number of thioether (sulfide) groups is 1. The highest BCUT2D eigenvalue weighted by atomic mass is 32.2. The Morgan fingerprint density at radius 3 is 2.94 bits per heavy atom. The summed E-state index contributed by atoms with van der Waals surface area (Å²) in [6.07, 6.45) is 0. The molecule has 0 fully saturated rings. The molecule has 0 saturated carbocycles. The Kier molecular flexibility index (Phi) is 3.86. The Morgan fingerprint density at radius 2 is 2.18 bits per heavy atom. The lowest BCUT2D eigenvalue weighted by Crippen LogP contribution is -2.04. The lowest BCUT2D eigenvalue weighted by Gasteiger charge is -2.10. The standard InChI is InChI=1S/C13H16N2OS/c1-9(7-16)17-8-11-6-10-4-2-3-5-12(10)15-13(11)14/h2-6,9,16H,7-8H2,1H3,(H2,14,15). The van der Waals surface area contributed by atoms with E-state index >= 15 is 0 Å². The topological polar surface area (TPSA) is 59.1 Å². The highest BCUT2D eigenvalue weighted by Crippen LogP contribution is 2.24. The van der Waals surface area contributed by atoms with Gasteiger partial charge in [-0.15, -0.1) is 0 Å². The first-order chi connectivity index (χ1) is 8.20. The summed E-state index contributed by atoms with van der Waals surface area (Å²) in [6, 6.07) is 10.0. The third-order valence-corrected chi connectivity index (χ3v) is 3.81. The lowest BCUT2D eigenvalue weighted by molar-refractivity contribution is 0.300. The average molecular weight is 248 g/mol. The van der Waals surface area contributed by atoms with Crippen LogP contribution in [0, 0.1) is 0 Å². The molecule has 0 saturated heterocycles. The zero-order valence-electron chi connectivity index (χ0n) is 9.76. The van der Waals surface area contributed by atoms with E-state index in [-0.39, 0.29) is 11.9 Å². The number of pyridine rings is 1. The van der Waals surface area contributed by atoms with Crippen molar-refractivity contribution in [2.24, 2.45) is 0 Å². The van der Waals surface area contributed by atoms with Crippen LogP contribution in [-0.4, -0.2) is 21.9 Å². The van der Waals surface area contributed by atoms with Crippen molar-refractivity contribution in [1.82, 2.24) is 4.98 Å². The molecule has 1 unspecified atom stereocenters. The molecular weight excluding hydrogens is 232 g/mol. The molecular formula is C13H16N2OS. The number of aliphatic hydroxyl groups is 1. The number of fused-ring (bicyclic) bond motifs is 1. The quantitative estimate of drug-likeness (QED) is 0.872. The maximum absolute atomic E-state index is 8.99. The van der Waals surface area contributed by atoms with Crippen molar-refractivity contribution in [2.45, 2.75) is 17.9 Å². The molecule has 0 aliphatic heterocycles. The number of para-hydroxylation sites is 1. The fourth-order valence-electron chi connectivity index (χ4n) is 1.57. The third kappa shape index (κ3) is 2.90. The van der Waals surface area contributed by atoms with Crippen molar-refractivity contribution in [1.29, 1.82) is 0 Å². The van der Waals surface area contributed by atoms with E-state index in [2.05, 4.69) is 11.1 Å². The molecule has 0 radical (unpaired) electrons. The van der Waals surface area contributed by atoms with Gasteiger partial charge < -0.3 is 10.8 Å². The Labute approximate surface area is 105 Å². The Balaban J connectivity index is 2.25. The van der Waals surface area contributed by atoms with Gasteiger partial charge >= 0.3 is 0 Å². The van der Waals surface area contributed by atoms with Crippen molar-refractivity contribution >= 4 is 28.5 Å². The molecule has 2 aromatic rings. The SMILES string of the molecule is CC(CO)SCc1cc2ccccc2nc1N. The van der Waals surface area contributed by atoms with Crippen molar-refractivity contribution in [3.63, 3.8) is 0 Å². The van der Waals surface area contributed by atoms with Gasteiger partial charge in [0.2, 0.25) is 0 Å². The van der Waals surface area contributed by atoms with Crippen molar-refractivity contribution in [2.75, 3.05) is 12.3 Å². The fraction of sp³-hybridized carbons (Fsp3) is 0.308. The van der Waals surface area contributed by atoms with E-state index in [1.807, 2.05) is 31.2 Å². The predicted molar refractivity (Wildman–Crippen MR) is 74.0 cm³/mol. The van der Waals surface area contributed by atoms with E-state index in [9.17, 15) is 0 Å². The van der Waals surface area contributed by atoms with Crippen LogP contribution in [0.2, 0.25) is 0 Å². The number of hydrogen-bond acceptors (Lipinski definition) is 4. The van der Waals surface area contributed by atoms with Gasteiger partial charge in [0.15, 0.2) is 0 Å². The molecule has 1 aromatic heterocycles. The van der Waals surface area contributed by atoms with E-state index in [0.717, 1.165) is 22.2 Å². The molecule has 3 N–H and O–H groups in total. The third-order valence-electron chi connectivity index (χ3n) is 2.62. The second-order valence-electron chi connectivity index (χ2n) is 4.03. The second kappa shape index (κ2) is 5.38. The number of nitrogen functional groups attached to an aromatic ring is 1. The van der Waals surface area contributed by atoms with Gasteiger partial charge in [0, 0.05) is 22.0 Å². The van der Waals surface area contributed by atoms with E-state index in [4.69, 9.17) is 10.8 Å². The molecule has 2 rings (SSSR count). The summed E-state index contributed by atoms with van der Waals surface area (Å²) in [5.74, 6) is 1.37. The Hall–Kier alpha value is -1.26. The first-order valence-electron chi connectivity index (χ1n) is 5.57. The summed E-state index contributed by atoms with van der Waals surface area (Å²) < 4.78 is 0. The van der Waals surface area contributed by atoms with Gasteiger partial charge in [0.25, 0.3) is 0 Å². The number of nitrogens with zero attached hydrogens (tertiary/aromatic N) is 1. The van der Waals surface area contributed by atoms with Crippen LogP contribution in [0.15, 0.2) is 30.3 Å². The molecule has 0 aliphatic carbocycles. The smallest absolute Gasteiger partial charge is 0.128 e. The van der Waals surface area contributed by atoms with Crippen LogP contribution in [-0.2, 0) is 5.75 Å². The molecule has 1 aromatic carbocycles. The maximum atomic E-state index is 8.99. The van der Waals surface area contributed by atoms with Gasteiger partial charge in [-0.25, -0.2) is 4.98 Å². The highest BCUT2D eigenvalue weighted by Gasteiger charge is 2.06. The molecule has 1 atom stereocenters. The van der Waals surface area contributed by atoms with E-state index in [1.165, 1.54) is 0 Å². The molecule has 4 heteroatoms. The highest BCUT2D eigenvalue weighted by molar-refractivity contribution is 7.99. The van der Waals surface area contributed by atoms with Gasteiger partial charge in [-0.2, -0.15) is 11.8 Å². The summed E-state index contributed by atoms with van der Waals surface area (Å²) in [5, 5.41) is 10.3. The fourth-order valence-corrected chi connectivity index (χ4v) is 2.38. The number of aromatic nitrogens is 1. The van der Waals surface area contributed by atoms with Gasteiger partial charge in [-0.1, -0.05) is 25.1 Å². The number of anilines is 1. The van der Waals surface area contributed by atoms with Crippen LogP contribution < -0.4 is 5.73 Å². The lowest BCUT2D eigenvalue weighted by atomic mass is 10.1. The number of aliphatic hydroxyl groups excluding tert-OH is 1. The zero-order valence-corrected chi connectivity index (χ0v) is 10.6. The molecule has 3 nitrogen and oxygen atoms in total. The first kappa shape index (κ1) is 12.2. The molecule has 90 valence electrons. The number of benzene rings is 1. The van der Waals surface area contributed by atoms with Crippen molar-refractivity contribution < 1.29 is 5.11 Å². The molecule has 0 aliphatic rings. The van der Waals surface area contributed by atoms with Crippen LogP contribution in [0.1, 0.15) is 12.5 Å². The number of hydrogen-bond donors (Lipinski definition) is 2. The van der Waals surface area contributed by atoms with Crippen LogP contribution in [0.3, 0.4) is 0 Å². The Bertz CT molecular complexity index is 516. The normalized spacial score (nSPS) is 12.8. The first-order valence-corrected chi connectivity index (χ1v) is 6.62. The van der Waals surface area contributed by atoms with Crippen molar-refractivity contribution in [3.8, 4) is 0 Å². The molecule has 1 heterocycles. The van der Waals surface area contributed by atoms with Crippen LogP contribution in [0.4, 0.5) is 5.82 Å². The van der Waals surface area contributed by atoms with Crippen LogP contribution in [0.25, 0.3) is 10.9 Å². The monoisotopic (exact) mass is 248 g/mol. The van der Waals surface area contributed by atoms with Crippen LogP contribution >= 0.6 is 11.8 Å².